The van der Waals surface area contributed by atoms with Crippen LogP contribution in [0.1, 0.15) is 49.9 Å². The topological polar surface area (TPSA) is 46.2 Å². The van der Waals surface area contributed by atoms with Crippen molar-refractivity contribution in [2.45, 2.75) is 39.5 Å². The lowest BCUT2D eigenvalue weighted by atomic mass is 9.76. The first kappa shape index (κ1) is 14.8. The molecule has 20 heavy (non-hydrogen) atoms. The fourth-order valence-corrected chi connectivity index (χ4v) is 2.98. The van der Waals surface area contributed by atoms with E-state index in [1.807, 2.05) is 6.07 Å². The minimum absolute atomic E-state index is 0.0928. The van der Waals surface area contributed by atoms with E-state index in [0.717, 1.165) is 37.9 Å². The van der Waals surface area contributed by atoms with Crippen molar-refractivity contribution in [2.75, 3.05) is 5.32 Å². The predicted molar refractivity (Wildman–Crippen MR) is 80.7 cm³/mol. The number of anilines is 1. The summed E-state index contributed by atoms with van der Waals surface area (Å²) in [5.74, 6) is 1.68. The molecule has 0 heterocycles. The van der Waals surface area contributed by atoms with Crippen LogP contribution in [0.15, 0.2) is 24.3 Å². The number of hydrogen-bond donors (Lipinski definition) is 1. The second-order valence-electron chi connectivity index (χ2n) is 6.09. The van der Waals surface area contributed by atoms with Crippen LogP contribution < -0.4 is 5.32 Å². The normalized spacial score (nSPS) is 22.6. The van der Waals surface area contributed by atoms with E-state index >= 15 is 0 Å². The van der Waals surface area contributed by atoms with E-state index in [1.165, 1.54) is 0 Å². The fraction of sp³-hybridized carbons (Fsp3) is 0.529. The van der Waals surface area contributed by atoms with Gasteiger partial charge in [0, 0.05) is 17.2 Å². The molecule has 0 unspecified atom stereocenters. The van der Waals surface area contributed by atoms with E-state index in [1.54, 1.807) is 18.2 Å². The van der Waals surface area contributed by atoms with Gasteiger partial charge in [-0.05, 0) is 49.7 Å². The first-order valence-electron chi connectivity index (χ1n) is 7.46. The monoisotopic (exact) mass is 273 g/mol. The molecule has 1 saturated carbocycles. The van der Waals surface area contributed by atoms with Crippen molar-refractivity contribution in [3.8, 4) is 0 Å². The van der Waals surface area contributed by atoms with Crippen LogP contribution >= 0.6 is 0 Å². The van der Waals surface area contributed by atoms with Crippen LogP contribution in [0.5, 0.6) is 0 Å². The average Bonchev–Trinajstić information content (AvgIpc) is 2.47. The van der Waals surface area contributed by atoms with Gasteiger partial charge in [0.2, 0.25) is 5.91 Å². The first-order chi connectivity index (χ1) is 9.60. The zero-order valence-electron chi connectivity index (χ0n) is 12.3. The van der Waals surface area contributed by atoms with Gasteiger partial charge in [0.05, 0.1) is 0 Å². The van der Waals surface area contributed by atoms with Gasteiger partial charge >= 0.3 is 0 Å². The maximum atomic E-state index is 12.2. The number of carbonyl (C=O) groups is 2. The summed E-state index contributed by atoms with van der Waals surface area (Å²) in [5.41, 5.74) is 1.30. The Labute approximate surface area is 120 Å². The Kier molecular flexibility index (Phi) is 4.94. The van der Waals surface area contributed by atoms with Crippen LogP contribution in [0, 0.1) is 17.8 Å². The van der Waals surface area contributed by atoms with Gasteiger partial charge in [-0.25, -0.2) is 0 Å². The SMILES string of the molecule is CC(C)[C@H]1CC[C@H](C(=O)Nc2cccc(C=O)c2)CC1. The number of amides is 1. The summed E-state index contributed by atoms with van der Waals surface area (Å²) in [7, 11) is 0. The van der Waals surface area contributed by atoms with Gasteiger partial charge in [-0.1, -0.05) is 26.0 Å². The molecular weight excluding hydrogens is 250 g/mol. The maximum Gasteiger partial charge on any atom is 0.227 e. The second-order valence-corrected chi connectivity index (χ2v) is 6.09. The minimum Gasteiger partial charge on any atom is -0.326 e. The van der Waals surface area contributed by atoms with Crippen molar-refractivity contribution in [3.05, 3.63) is 29.8 Å². The van der Waals surface area contributed by atoms with Gasteiger partial charge in [0.25, 0.3) is 0 Å². The lowest BCUT2D eigenvalue weighted by Crippen LogP contribution is -2.28. The Bertz CT molecular complexity index is 474. The zero-order chi connectivity index (χ0) is 14.5. The first-order valence-corrected chi connectivity index (χ1v) is 7.46. The lowest BCUT2D eigenvalue weighted by molar-refractivity contribution is -0.121. The van der Waals surface area contributed by atoms with Crippen molar-refractivity contribution in [1.29, 1.82) is 0 Å². The molecule has 0 atom stereocenters. The summed E-state index contributed by atoms with van der Waals surface area (Å²) in [6, 6.07) is 7.06. The van der Waals surface area contributed by atoms with E-state index in [2.05, 4.69) is 19.2 Å². The molecule has 0 aromatic heterocycles. The van der Waals surface area contributed by atoms with Crippen LogP contribution in [0.2, 0.25) is 0 Å². The zero-order valence-corrected chi connectivity index (χ0v) is 12.3. The van der Waals surface area contributed by atoms with E-state index in [9.17, 15) is 9.59 Å². The predicted octanol–water partition coefficient (Wildman–Crippen LogP) is 3.90. The van der Waals surface area contributed by atoms with Crippen molar-refractivity contribution in [3.63, 3.8) is 0 Å². The largest absolute Gasteiger partial charge is 0.326 e. The number of hydrogen-bond acceptors (Lipinski definition) is 2. The second kappa shape index (κ2) is 6.69. The highest BCUT2D eigenvalue weighted by Crippen LogP contribution is 2.33. The van der Waals surface area contributed by atoms with E-state index in [4.69, 9.17) is 0 Å². The third-order valence-electron chi connectivity index (χ3n) is 4.38. The molecular formula is C17H23NO2. The highest BCUT2D eigenvalue weighted by Gasteiger charge is 2.27. The Hall–Kier alpha value is -1.64. The highest BCUT2D eigenvalue weighted by molar-refractivity contribution is 5.93. The van der Waals surface area contributed by atoms with Gasteiger partial charge in [-0.15, -0.1) is 0 Å². The summed E-state index contributed by atoms with van der Waals surface area (Å²) in [4.78, 5) is 23.0. The van der Waals surface area contributed by atoms with Crippen LogP contribution in [0.3, 0.4) is 0 Å². The molecule has 1 aromatic carbocycles. The van der Waals surface area contributed by atoms with Gasteiger partial charge in [-0.3, -0.25) is 9.59 Å². The molecule has 1 amide bonds. The maximum absolute atomic E-state index is 12.2. The number of aldehydes is 1. The molecule has 1 fully saturated rings. The van der Waals surface area contributed by atoms with Crippen molar-refractivity contribution >= 4 is 17.9 Å². The molecule has 0 spiro atoms. The summed E-state index contributed by atoms with van der Waals surface area (Å²) < 4.78 is 0. The Balaban J connectivity index is 1.91. The summed E-state index contributed by atoms with van der Waals surface area (Å²) in [6.45, 7) is 4.52. The molecule has 2 rings (SSSR count). The molecule has 1 aliphatic rings. The highest BCUT2D eigenvalue weighted by atomic mass is 16.1. The smallest absolute Gasteiger partial charge is 0.227 e. The van der Waals surface area contributed by atoms with E-state index in [-0.39, 0.29) is 11.8 Å². The number of rotatable bonds is 4. The van der Waals surface area contributed by atoms with Gasteiger partial charge in [-0.2, -0.15) is 0 Å². The van der Waals surface area contributed by atoms with Gasteiger partial charge in [0.1, 0.15) is 6.29 Å². The molecule has 1 N–H and O–H groups in total. The molecule has 0 radical (unpaired) electrons. The molecule has 3 nitrogen and oxygen atoms in total. The molecule has 1 aliphatic carbocycles. The Morgan fingerprint density at radius 1 is 1.25 bits per heavy atom. The standard InChI is InChI=1S/C17H23NO2/c1-12(2)14-6-8-15(9-7-14)17(20)18-16-5-3-4-13(10-16)11-19/h3-5,10-12,14-15H,6-9H2,1-2H3,(H,18,20)/t14-,15-. The lowest BCUT2D eigenvalue weighted by Gasteiger charge is -2.30. The molecule has 0 saturated heterocycles. The number of benzene rings is 1. The van der Waals surface area contributed by atoms with Gasteiger partial charge in [0.15, 0.2) is 0 Å². The van der Waals surface area contributed by atoms with Crippen molar-refractivity contribution < 1.29 is 9.59 Å². The summed E-state index contributed by atoms with van der Waals surface area (Å²) in [6.07, 6.45) is 5.03. The molecule has 3 heteroatoms. The third kappa shape index (κ3) is 3.69. The molecule has 0 bridgehead atoms. The molecule has 108 valence electrons. The number of nitrogens with one attached hydrogen (secondary N) is 1. The Morgan fingerprint density at radius 2 is 1.95 bits per heavy atom. The fourth-order valence-electron chi connectivity index (χ4n) is 2.98. The number of carbonyl (C=O) groups excluding carboxylic acids is 2. The third-order valence-corrected chi connectivity index (χ3v) is 4.38. The van der Waals surface area contributed by atoms with Gasteiger partial charge < -0.3 is 5.32 Å². The van der Waals surface area contributed by atoms with Crippen molar-refractivity contribution in [1.82, 2.24) is 0 Å². The van der Waals surface area contributed by atoms with Crippen molar-refractivity contribution in [2.24, 2.45) is 17.8 Å². The Morgan fingerprint density at radius 3 is 2.55 bits per heavy atom. The molecule has 0 aliphatic heterocycles. The van der Waals surface area contributed by atoms with Crippen LogP contribution in [0.4, 0.5) is 5.69 Å². The minimum atomic E-state index is 0.0928. The average molecular weight is 273 g/mol. The van der Waals surface area contributed by atoms with Crippen LogP contribution in [-0.4, -0.2) is 12.2 Å². The quantitative estimate of drug-likeness (QED) is 0.846. The van der Waals surface area contributed by atoms with E-state index < -0.39 is 0 Å². The van der Waals surface area contributed by atoms with Crippen LogP contribution in [0.25, 0.3) is 0 Å². The van der Waals surface area contributed by atoms with E-state index in [0.29, 0.717) is 17.2 Å². The molecule has 1 aromatic rings. The summed E-state index contributed by atoms with van der Waals surface area (Å²) >= 11 is 0. The van der Waals surface area contributed by atoms with Crippen LogP contribution in [-0.2, 0) is 4.79 Å². The summed E-state index contributed by atoms with van der Waals surface area (Å²) in [5, 5.41) is 2.93.